The largest absolute Gasteiger partial charge is 0.477 e. The Labute approximate surface area is 95.7 Å². The number of carbonyl (C=O) groups is 1. The van der Waals surface area contributed by atoms with Crippen molar-refractivity contribution in [3.05, 3.63) is 29.7 Å². The Balaban J connectivity index is 2.13. The minimum atomic E-state index is -1.10. The first kappa shape index (κ1) is 11.0. The molecule has 0 spiro atoms. The molecule has 0 aliphatic heterocycles. The molecule has 0 aliphatic rings. The summed E-state index contributed by atoms with van der Waals surface area (Å²) in [6.07, 6.45) is 1.21. The Kier molecular flexibility index (Phi) is 2.95. The van der Waals surface area contributed by atoms with Crippen molar-refractivity contribution in [1.29, 1.82) is 0 Å². The zero-order valence-electron chi connectivity index (χ0n) is 8.91. The minimum Gasteiger partial charge on any atom is -0.477 e. The molecule has 0 aliphatic carbocycles. The molecule has 0 bridgehead atoms. The highest BCUT2D eigenvalue weighted by atomic mass is 16.5. The molecule has 0 unspecified atom stereocenters. The summed E-state index contributed by atoms with van der Waals surface area (Å²) >= 11 is 0. The second kappa shape index (κ2) is 4.56. The Hall–Kier alpha value is -2.51. The van der Waals surface area contributed by atoms with Crippen LogP contribution >= 0.6 is 0 Å². The number of rotatable bonds is 4. The van der Waals surface area contributed by atoms with Gasteiger partial charge in [0.15, 0.2) is 11.5 Å². The zero-order chi connectivity index (χ0) is 12.3. The van der Waals surface area contributed by atoms with E-state index in [9.17, 15) is 4.79 Å². The monoisotopic (exact) mass is 235 g/mol. The van der Waals surface area contributed by atoms with Crippen LogP contribution in [0.15, 0.2) is 17.0 Å². The van der Waals surface area contributed by atoms with E-state index in [0.29, 0.717) is 11.5 Å². The maximum atomic E-state index is 10.8. The molecular formula is C9H9N5O3. The summed E-state index contributed by atoms with van der Waals surface area (Å²) < 4.78 is 4.55. The lowest BCUT2D eigenvalue weighted by Gasteiger charge is -2.03. The van der Waals surface area contributed by atoms with Crippen LogP contribution in [0.25, 0.3) is 0 Å². The average molecular weight is 235 g/mol. The molecule has 0 aromatic carbocycles. The van der Waals surface area contributed by atoms with E-state index in [1.807, 2.05) is 0 Å². The van der Waals surface area contributed by atoms with Crippen LogP contribution in [-0.2, 0) is 6.54 Å². The van der Waals surface area contributed by atoms with E-state index in [2.05, 4.69) is 29.9 Å². The summed E-state index contributed by atoms with van der Waals surface area (Å²) in [5.74, 6) is -0.447. The maximum Gasteiger partial charge on any atom is 0.354 e. The smallest absolute Gasteiger partial charge is 0.354 e. The van der Waals surface area contributed by atoms with Crippen LogP contribution in [0.5, 0.6) is 0 Å². The van der Waals surface area contributed by atoms with Gasteiger partial charge in [0.2, 0.25) is 12.3 Å². The van der Waals surface area contributed by atoms with Gasteiger partial charge in [-0.15, -0.1) is 0 Å². The summed E-state index contributed by atoms with van der Waals surface area (Å²) in [6.45, 7) is 1.95. The Morgan fingerprint density at radius 2 is 2.35 bits per heavy atom. The van der Waals surface area contributed by atoms with E-state index in [-0.39, 0.29) is 18.2 Å². The second-order valence-corrected chi connectivity index (χ2v) is 3.22. The molecule has 2 aromatic rings. The van der Waals surface area contributed by atoms with Gasteiger partial charge in [-0.1, -0.05) is 5.16 Å². The van der Waals surface area contributed by atoms with Crippen LogP contribution in [0.4, 0.5) is 5.95 Å². The highest BCUT2D eigenvalue weighted by molar-refractivity contribution is 5.85. The molecule has 2 aromatic heterocycles. The molecular weight excluding hydrogens is 226 g/mol. The SMILES string of the molecule is Cc1cc(C(=O)O)nc(NCc2ncon2)n1. The van der Waals surface area contributed by atoms with Gasteiger partial charge in [-0.25, -0.2) is 14.8 Å². The number of nitrogens with one attached hydrogen (secondary N) is 1. The number of aromatic carboxylic acids is 1. The van der Waals surface area contributed by atoms with Gasteiger partial charge < -0.3 is 14.9 Å². The lowest BCUT2D eigenvalue weighted by atomic mass is 10.3. The fourth-order valence-electron chi connectivity index (χ4n) is 1.19. The molecule has 8 heteroatoms. The van der Waals surface area contributed by atoms with Crippen molar-refractivity contribution in [3.63, 3.8) is 0 Å². The molecule has 2 rings (SSSR count). The van der Waals surface area contributed by atoms with Crippen LogP contribution in [0, 0.1) is 6.92 Å². The van der Waals surface area contributed by atoms with Gasteiger partial charge in [0.05, 0.1) is 6.54 Å². The number of carboxylic acids is 1. The first-order chi connectivity index (χ1) is 8.15. The fourth-order valence-corrected chi connectivity index (χ4v) is 1.19. The van der Waals surface area contributed by atoms with Gasteiger partial charge >= 0.3 is 5.97 Å². The Bertz CT molecular complexity index is 525. The number of hydrogen-bond acceptors (Lipinski definition) is 7. The third-order valence-corrected chi connectivity index (χ3v) is 1.88. The molecule has 0 amide bonds. The molecule has 0 atom stereocenters. The molecule has 0 saturated heterocycles. The Morgan fingerprint density at radius 1 is 1.53 bits per heavy atom. The van der Waals surface area contributed by atoms with E-state index < -0.39 is 5.97 Å². The van der Waals surface area contributed by atoms with Crippen molar-refractivity contribution in [2.45, 2.75) is 13.5 Å². The van der Waals surface area contributed by atoms with E-state index >= 15 is 0 Å². The van der Waals surface area contributed by atoms with Gasteiger partial charge in [0.25, 0.3) is 0 Å². The molecule has 8 nitrogen and oxygen atoms in total. The maximum absolute atomic E-state index is 10.8. The normalized spacial score (nSPS) is 10.2. The summed E-state index contributed by atoms with van der Waals surface area (Å²) in [5.41, 5.74) is 0.501. The average Bonchev–Trinajstić information content (AvgIpc) is 2.78. The number of carboxylic acid groups (broad SMARTS) is 1. The summed E-state index contributed by atoms with van der Waals surface area (Å²) in [5, 5.41) is 15.2. The van der Waals surface area contributed by atoms with Crippen LogP contribution in [-0.4, -0.2) is 31.2 Å². The number of anilines is 1. The Morgan fingerprint density at radius 3 is 3.00 bits per heavy atom. The van der Waals surface area contributed by atoms with E-state index in [4.69, 9.17) is 5.11 Å². The van der Waals surface area contributed by atoms with Crippen LogP contribution in [0.3, 0.4) is 0 Å². The van der Waals surface area contributed by atoms with Crippen molar-refractivity contribution in [2.75, 3.05) is 5.32 Å². The van der Waals surface area contributed by atoms with Crippen LogP contribution in [0.2, 0.25) is 0 Å². The topological polar surface area (TPSA) is 114 Å². The molecule has 88 valence electrons. The van der Waals surface area contributed by atoms with Crippen molar-refractivity contribution in [3.8, 4) is 0 Å². The lowest BCUT2D eigenvalue weighted by Crippen LogP contribution is -2.09. The van der Waals surface area contributed by atoms with Gasteiger partial charge in [0, 0.05) is 5.69 Å². The van der Waals surface area contributed by atoms with Crippen molar-refractivity contribution in [1.82, 2.24) is 20.1 Å². The standard InChI is InChI=1S/C9H9N5O3/c1-5-2-6(8(15)16)13-9(12-5)10-3-7-11-4-17-14-7/h2,4H,3H2,1H3,(H,15,16)(H,10,12,13). The van der Waals surface area contributed by atoms with Gasteiger partial charge in [-0.2, -0.15) is 4.98 Å². The number of hydrogen-bond donors (Lipinski definition) is 2. The van der Waals surface area contributed by atoms with Crippen LogP contribution < -0.4 is 5.32 Å². The van der Waals surface area contributed by atoms with Gasteiger partial charge in [-0.3, -0.25) is 0 Å². The van der Waals surface area contributed by atoms with Gasteiger partial charge in [-0.05, 0) is 13.0 Å². The number of aryl methyl sites for hydroxylation is 1. The molecule has 0 saturated carbocycles. The molecule has 0 radical (unpaired) electrons. The van der Waals surface area contributed by atoms with Gasteiger partial charge in [0.1, 0.15) is 0 Å². The van der Waals surface area contributed by atoms with Crippen molar-refractivity contribution in [2.24, 2.45) is 0 Å². The number of aromatic nitrogens is 4. The number of nitrogens with zero attached hydrogens (tertiary/aromatic N) is 4. The predicted molar refractivity (Wildman–Crippen MR) is 55.4 cm³/mol. The van der Waals surface area contributed by atoms with E-state index in [1.165, 1.54) is 12.5 Å². The fraction of sp³-hybridized carbons (Fsp3) is 0.222. The third kappa shape index (κ3) is 2.74. The predicted octanol–water partition coefficient (Wildman–Crippen LogP) is 0.478. The molecule has 2 N–H and O–H groups in total. The second-order valence-electron chi connectivity index (χ2n) is 3.22. The highest BCUT2D eigenvalue weighted by Crippen LogP contribution is 2.05. The lowest BCUT2D eigenvalue weighted by molar-refractivity contribution is 0.0690. The van der Waals surface area contributed by atoms with E-state index in [0.717, 1.165) is 0 Å². The molecule has 2 heterocycles. The van der Waals surface area contributed by atoms with Crippen molar-refractivity contribution >= 4 is 11.9 Å². The summed E-state index contributed by atoms with van der Waals surface area (Å²) in [7, 11) is 0. The van der Waals surface area contributed by atoms with E-state index in [1.54, 1.807) is 6.92 Å². The summed E-state index contributed by atoms with van der Waals surface area (Å²) in [6, 6.07) is 1.39. The minimum absolute atomic E-state index is 0.0619. The highest BCUT2D eigenvalue weighted by Gasteiger charge is 2.08. The van der Waals surface area contributed by atoms with Crippen molar-refractivity contribution < 1.29 is 14.4 Å². The summed E-state index contributed by atoms with van der Waals surface area (Å²) in [4.78, 5) is 22.4. The zero-order valence-corrected chi connectivity index (χ0v) is 8.91. The molecule has 0 fully saturated rings. The third-order valence-electron chi connectivity index (χ3n) is 1.88. The molecule has 17 heavy (non-hydrogen) atoms. The van der Waals surface area contributed by atoms with Crippen LogP contribution in [0.1, 0.15) is 22.0 Å². The first-order valence-corrected chi connectivity index (χ1v) is 4.73. The quantitative estimate of drug-likeness (QED) is 0.786. The first-order valence-electron chi connectivity index (χ1n) is 4.73.